The number of non-ortho nitro benzene ring substituents is 1. The van der Waals surface area contributed by atoms with Gasteiger partial charge < -0.3 is 15.3 Å². The molecule has 2 N–H and O–H groups in total. The molecule has 1 atom stereocenters. The van der Waals surface area contributed by atoms with Crippen molar-refractivity contribution in [3.8, 4) is 5.75 Å². The van der Waals surface area contributed by atoms with Crippen LogP contribution in [-0.4, -0.2) is 22.8 Å². The molecule has 0 spiro atoms. The van der Waals surface area contributed by atoms with Gasteiger partial charge in [-0.05, 0) is 25.1 Å². The summed E-state index contributed by atoms with van der Waals surface area (Å²) >= 11 is 11.7. The Morgan fingerprint density at radius 3 is 2.65 bits per heavy atom. The number of amidine groups is 1. The molecule has 0 bridgehead atoms. The predicted octanol–water partition coefficient (Wildman–Crippen LogP) is 3.53. The van der Waals surface area contributed by atoms with Gasteiger partial charge in [0, 0.05) is 22.7 Å². The highest BCUT2D eigenvalue weighted by atomic mass is 35.5. The number of hydrogen-bond donors (Lipinski definition) is 1. The minimum atomic E-state index is -1.03. The molecule has 0 aliphatic heterocycles. The molecule has 26 heavy (non-hydrogen) atoms. The maximum absolute atomic E-state index is 11.9. The first kappa shape index (κ1) is 19.5. The number of nitrogens with zero attached hydrogens (tertiary/aromatic N) is 2. The number of carbonyl (C=O) groups excluding carboxylic acids is 1. The standard InChI is InChI=1S/C16H13Cl2N3O5/c1-9(25-14-6-5-11(17)8-13(14)18)16(22)26-20-15(19)10-3-2-4-12(7-10)21(23)24/h2-9H,1H3,(H2,19,20)/t9-/m0/s1. The lowest BCUT2D eigenvalue weighted by molar-refractivity contribution is -0.384. The zero-order valence-corrected chi connectivity index (χ0v) is 14.9. The Bertz CT molecular complexity index is 873. The van der Waals surface area contributed by atoms with Gasteiger partial charge in [0.1, 0.15) is 5.75 Å². The van der Waals surface area contributed by atoms with E-state index in [1.807, 2.05) is 0 Å². The van der Waals surface area contributed by atoms with E-state index in [0.717, 1.165) is 0 Å². The first-order valence-corrected chi connectivity index (χ1v) is 7.94. The van der Waals surface area contributed by atoms with Crippen LogP contribution >= 0.6 is 23.2 Å². The Morgan fingerprint density at radius 1 is 1.27 bits per heavy atom. The number of oxime groups is 1. The van der Waals surface area contributed by atoms with Crippen LogP contribution < -0.4 is 10.5 Å². The van der Waals surface area contributed by atoms with Gasteiger partial charge in [-0.2, -0.15) is 0 Å². The average Bonchev–Trinajstić information content (AvgIpc) is 2.61. The normalized spacial score (nSPS) is 12.3. The van der Waals surface area contributed by atoms with E-state index in [2.05, 4.69) is 5.16 Å². The van der Waals surface area contributed by atoms with Crippen LogP contribution in [0.4, 0.5) is 5.69 Å². The smallest absolute Gasteiger partial charge is 0.374 e. The van der Waals surface area contributed by atoms with Gasteiger partial charge in [-0.3, -0.25) is 10.1 Å². The first-order valence-electron chi connectivity index (χ1n) is 7.19. The summed E-state index contributed by atoms with van der Waals surface area (Å²) in [7, 11) is 0. The number of nitro benzene ring substituents is 1. The summed E-state index contributed by atoms with van der Waals surface area (Å²) < 4.78 is 5.39. The number of nitrogens with two attached hydrogens (primary N) is 1. The minimum absolute atomic E-state index is 0.166. The highest BCUT2D eigenvalue weighted by molar-refractivity contribution is 6.35. The van der Waals surface area contributed by atoms with Crippen LogP contribution in [0.3, 0.4) is 0 Å². The van der Waals surface area contributed by atoms with Crippen LogP contribution in [0, 0.1) is 10.1 Å². The van der Waals surface area contributed by atoms with Crippen molar-refractivity contribution < 1.29 is 19.3 Å². The lowest BCUT2D eigenvalue weighted by atomic mass is 10.2. The van der Waals surface area contributed by atoms with Crippen molar-refractivity contribution in [2.24, 2.45) is 10.9 Å². The van der Waals surface area contributed by atoms with Crippen LogP contribution in [0.15, 0.2) is 47.6 Å². The Hall–Kier alpha value is -2.84. The topological polar surface area (TPSA) is 117 Å². The van der Waals surface area contributed by atoms with Crippen molar-refractivity contribution in [3.63, 3.8) is 0 Å². The van der Waals surface area contributed by atoms with E-state index in [1.165, 1.54) is 43.3 Å². The Balaban J connectivity index is 2.03. The fraction of sp³-hybridized carbons (Fsp3) is 0.125. The van der Waals surface area contributed by atoms with Crippen molar-refractivity contribution >= 4 is 40.7 Å². The molecule has 10 heteroatoms. The predicted molar refractivity (Wildman–Crippen MR) is 96.5 cm³/mol. The van der Waals surface area contributed by atoms with Crippen LogP contribution in [0.25, 0.3) is 0 Å². The maximum atomic E-state index is 11.9. The van der Waals surface area contributed by atoms with Crippen molar-refractivity contribution in [1.82, 2.24) is 0 Å². The third-order valence-corrected chi connectivity index (χ3v) is 3.65. The molecule has 0 fully saturated rings. The molecular formula is C16H13Cl2N3O5. The second kappa shape index (κ2) is 8.50. The summed E-state index contributed by atoms with van der Waals surface area (Å²) in [6, 6.07) is 9.97. The minimum Gasteiger partial charge on any atom is -0.477 e. The summed E-state index contributed by atoms with van der Waals surface area (Å²) in [5.41, 5.74) is 5.75. The van der Waals surface area contributed by atoms with Crippen LogP contribution in [0.2, 0.25) is 10.0 Å². The molecule has 0 aromatic heterocycles. The van der Waals surface area contributed by atoms with Gasteiger partial charge in [0.05, 0.1) is 9.95 Å². The molecule has 2 aromatic rings. The second-order valence-electron chi connectivity index (χ2n) is 5.03. The molecule has 2 rings (SSSR count). The first-order chi connectivity index (χ1) is 12.3. The lowest BCUT2D eigenvalue weighted by Gasteiger charge is -2.13. The molecule has 0 saturated heterocycles. The van der Waals surface area contributed by atoms with Gasteiger partial charge in [-0.25, -0.2) is 4.79 Å². The molecule has 0 saturated carbocycles. The van der Waals surface area contributed by atoms with Crippen molar-refractivity contribution in [2.75, 3.05) is 0 Å². The highest BCUT2D eigenvalue weighted by Gasteiger charge is 2.19. The number of hydrogen-bond acceptors (Lipinski definition) is 6. The highest BCUT2D eigenvalue weighted by Crippen LogP contribution is 2.28. The monoisotopic (exact) mass is 397 g/mol. The van der Waals surface area contributed by atoms with Gasteiger partial charge in [0.2, 0.25) is 0 Å². The molecule has 0 amide bonds. The average molecular weight is 398 g/mol. The molecule has 0 unspecified atom stereocenters. The van der Waals surface area contributed by atoms with Crippen LogP contribution in [-0.2, 0) is 9.63 Å². The molecule has 136 valence electrons. The van der Waals surface area contributed by atoms with Crippen LogP contribution in [0.5, 0.6) is 5.75 Å². The summed E-state index contributed by atoms with van der Waals surface area (Å²) in [5, 5.41) is 14.9. The van der Waals surface area contributed by atoms with E-state index in [1.54, 1.807) is 6.07 Å². The SMILES string of the molecule is C[C@H](Oc1ccc(Cl)cc1Cl)C(=O)O/N=C(/N)c1cccc([N+](=O)[O-])c1. The summed E-state index contributed by atoms with van der Waals surface area (Å²) in [6.45, 7) is 1.44. The molecule has 0 heterocycles. The van der Waals surface area contributed by atoms with Gasteiger partial charge in [0.25, 0.3) is 5.69 Å². The van der Waals surface area contributed by atoms with E-state index in [0.29, 0.717) is 5.02 Å². The maximum Gasteiger partial charge on any atom is 0.374 e. The van der Waals surface area contributed by atoms with Crippen LogP contribution in [0.1, 0.15) is 12.5 Å². The van der Waals surface area contributed by atoms with Gasteiger partial charge >= 0.3 is 5.97 Å². The molecule has 2 aromatic carbocycles. The summed E-state index contributed by atoms with van der Waals surface area (Å²) in [6.07, 6.45) is -1.03. The fourth-order valence-electron chi connectivity index (χ4n) is 1.81. The second-order valence-corrected chi connectivity index (χ2v) is 5.87. The van der Waals surface area contributed by atoms with Gasteiger partial charge in [0.15, 0.2) is 11.9 Å². The van der Waals surface area contributed by atoms with E-state index in [9.17, 15) is 14.9 Å². The quantitative estimate of drug-likeness (QED) is 0.262. The number of benzene rings is 2. The van der Waals surface area contributed by atoms with E-state index >= 15 is 0 Å². The number of ether oxygens (including phenoxy) is 1. The number of halogens is 2. The van der Waals surface area contributed by atoms with E-state index in [4.69, 9.17) is 38.5 Å². The molecule has 8 nitrogen and oxygen atoms in total. The Labute approximate surface area is 158 Å². The van der Waals surface area contributed by atoms with Crippen molar-refractivity contribution in [1.29, 1.82) is 0 Å². The van der Waals surface area contributed by atoms with Crippen molar-refractivity contribution in [3.05, 3.63) is 68.2 Å². The van der Waals surface area contributed by atoms with Gasteiger partial charge in [-0.15, -0.1) is 0 Å². The Morgan fingerprint density at radius 2 is 2.00 bits per heavy atom. The lowest BCUT2D eigenvalue weighted by Crippen LogP contribution is -2.26. The zero-order valence-electron chi connectivity index (χ0n) is 13.4. The molecule has 0 radical (unpaired) electrons. The zero-order chi connectivity index (χ0) is 19.3. The van der Waals surface area contributed by atoms with E-state index in [-0.39, 0.29) is 27.9 Å². The number of carbonyl (C=O) groups is 1. The van der Waals surface area contributed by atoms with Crippen molar-refractivity contribution in [2.45, 2.75) is 13.0 Å². The molecular weight excluding hydrogens is 385 g/mol. The largest absolute Gasteiger partial charge is 0.477 e. The summed E-state index contributed by atoms with van der Waals surface area (Å²) in [4.78, 5) is 26.8. The van der Waals surface area contributed by atoms with E-state index < -0.39 is 17.0 Å². The Kier molecular flexibility index (Phi) is 6.37. The molecule has 0 aliphatic rings. The third-order valence-electron chi connectivity index (χ3n) is 3.12. The molecule has 0 aliphatic carbocycles. The number of nitro groups is 1. The third kappa shape index (κ3) is 5.08. The fourth-order valence-corrected chi connectivity index (χ4v) is 2.26. The summed E-state index contributed by atoms with van der Waals surface area (Å²) in [5.74, 6) is -0.778. The number of rotatable bonds is 6. The van der Waals surface area contributed by atoms with Gasteiger partial charge in [-0.1, -0.05) is 40.5 Å².